The summed E-state index contributed by atoms with van der Waals surface area (Å²) in [5.41, 5.74) is 2.01. The average Bonchev–Trinajstić information content (AvgIpc) is 2.97. The Morgan fingerprint density at radius 2 is 2.00 bits per heavy atom. The third kappa shape index (κ3) is 5.29. The minimum Gasteiger partial charge on any atom is -0.383 e. The molecule has 118 valence electrons. The number of methoxy groups -OCH3 is 1. The Morgan fingerprint density at radius 3 is 2.73 bits per heavy atom. The van der Waals surface area contributed by atoms with Crippen LogP contribution in [0.1, 0.15) is 5.69 Å². The third-order valence-corrected chi connectivity index (χ3v) is 4.09. The zero-order chi connectivity index (χ0) is 15.8. The predicted octanol–water partition coefficient (Wildman–Crippen LogP) is 2.95. The summed E-state index contributed by atoms with van der Waals surface area (Å²) in [6.45, 7) is 1.55. The van der Waals surface area contributed by atoms with E-state index in [0.29, 0.717) is 31.1 Å². The summed E-state index contributed by atoms with van der Waals surface area (Å²) in [6.07, 6.45) is 0.696. The molecule has 2 amide bonds. The Balaban J connectivity index is 1.78. The normalized spacial score (nSPS) is 10.5. The van der Waals surface area contributed by atoms with E-state index in [4.69, 9.17) is 16.3 Å². The number of halogens is 1. The fourth-order valence-corrected chi connectivity index (χ4v) is 2.77. The molecule has 0 unspecified atom stereocenters. The molecule has 1 heterocycles. The van der Waals surface area contributed by atoms with Gasteiger partial charge in [0.05, 0.1) is 12.3 Å². The van der Waals surface area contributed by atoms with Gasteiger partial charge in [-0.25, -0.2) is 9.78 Å². The highest BCUT2D eigenvalue weighted by Crippen LogP contribution is 2.25. The fourth-order valence-electron chi connectivity index (χ4n) is 1.78. The number of thiazole rings is 1. The van der Waals surface area contributed by atoms with E-state index in [9.17, 15) is 4.79 Å². The van der Waals surface area contributed by atoms with Gasteiger partial charge in [-0.1, -0.05) is 23.7 Å². The summed E-state index contributed by atoms with van der Waals surface area (Å²) in [6, 6.07) is 7.41. The smallest absolute Gasteiger partial charge is 0.314 e. The Bertz CT molecular complexity index is 601. The maximum absolute atomic E-state index is 11.5. The van der Waals surface area contributed by atoms with E-state index >= 15 is 0 Å². The quantitative estimate of drug-likeness (QED) is 0.762. The van der Waals surface area contributed by atoms with Gasteiger partial charge >= 0.3 is 6.03 Å². The van der Waals surface area contributed by atoms with Gasteiger partial charge in [-0.3, -0.25) is 0 Å². The van der Waals surface area contributed by atoms with Crippen LogP contribution in [-0.2, 0) is 11.2 Å². The zero-order valence-corrected chi connectivity index (χ0v) is 13.8. The first-order valence-corrected chi connectivity index (χ1v) is 8.16. The highest BCUT2D eigenvalue weighted by atomic mass is 35.5. The minimum absolute atomic E-state index is 0.190. The number of nitrogens with one attached hydrogen (secondary N) is 2. The van der Waals surface area contributed by atoms with Crippen molar-refractivity contribution in [1.29, 1.82) is 0 Å². The highest BCUT2D eigenvalue weighted by molar-refractivity contribution is 7.13. The summed E-state index contributed by atoms with van der Waals surface area (Å²) in [7, 11) is 1.60. The minimum atomic E-state index is -0.190. The first-order chi connectivity index (χ1) is 10.7. The van der Waals surface area contributed by atoms with Crippen LogP contribution in [0.2, 0.25) is 5.02 Å². The molecular formula is C15H18ClN3O2S. The first-order valence-electron chi connectivity index (χ1n) is 6.90. The maximum atomic E-state index is 11.5. The second-order valence-corrected chi connectivity index (χ2v) is 5.87. The molecule has 0 atom stereocenters. The number of nitrogens with zero attached hydrogens (tertiary/aromatic N) is 1. The second-order valence-electron chi connectivity index (χ2n) is 4.58. The van der Waals surface area contributed by atoms with E-state index in [0.717, 1.165) is 16.3 Å². The van der Waals surface area contributed by atoms with E-state index in [1.807, 2.05) is 29.6 Å². The predicted molar refractivity (Wildman–Crippen MR) is 89.5 cm³/mol. The van der Waals surface area contributed by atoms with Gasteiger partial charge in [0, 0.05) is 42.6 Å². The van der Waals surface area contributed by atoms with Crippen LogP contribution in [-0.4, -0.2) is 37.8 Å². The van der Waals surface area contributed by atoms with Crippen LogP contribution < -0.4 is 10.6 Å². The van der Waals surface area contributed by atoms with E-state index in [2.05, 4.69) is 15.6 Å². The number of carbonyl (C=O) groups is 1. The molecule has 2 aromatic rings. The number of ether oxygens (including phenoxy) is 1. The SMILES string of the molecule is COCCNC(=O)NCCc1csc(-c2ccc(Cl)cc2)n1. The molecule has 0 fully saturated rings. The van der Waals surface area contributed by atoms with Crippen molar-refractivity contribution in [2.75, 3.05) is 26.8 Å². The Morgan fingerprint density at radius 1 is 1.27 bits per heavy atom. The molecule has 2 N–H and O–H groups in total. The van der Waals surface area contributed by atoms with Gasteiger partial charge < -0.3 is 15.4 Å². The van der Waals surface area contributed by atoms with Crippen molar-refractivity contribution in [1.82, 2.24) is 15.6 Å². The number of urea groups is 1. The number of rotatable bonds is 7. The number of carbonyl (C=O) groups excluding carboxylic acids is 1. The highest BCUT2D eigenvalue weighted by Gasteiger charge is 2.05. The molecule has 7 heteroatoms. The Labute approximate surface area is 138 Å². The van der Waals surface area contributed by atoms with Crippen LogP contribution in [0, 0.1) is 0 Å². The largest absolute Gasteiger partial charge is 0.383 e. The van der Waals surface area contributed by atoms with Crippen molar-refractivity contribution in [3.05, 3.63) is 40.4 Å². The van der Waals surface area contributed by atoms with Crippen molar-refractivity contribution in [3.63, 3.8) is 0 Å². The summed E-state index contributed by atoms with van der Waals surface area (Å²) >= 11 is 7.46. The second kappa shape index (κ2) is 8.73. The molecule has 2 rings (SSSR count). The number of hydrogen-bond donors (Lipinski definition) is 2. The van der Waals surface area contributed by atoms with E-state index in [1.54, 1.807) is 18.4 Å². The van der Waals surface area contributed by atoms with Crippen molar-refractivity contribution in [2.45, 2.75) is 6.42 Å². The van der Waals surface area contributed by atoms with E-state index < -0.39 is 0 Å². The number of amides is 2. The lowest BCUT2D eigenvalue weighted by atomic mass is 10.2. The Hall–Kier alpha value is -1.63. The lowest BCUT2D eigenvalue weighted by Crippen LogP contribution is -2.38. The van der Waals surface area contributed by atoms with Crippen LogP contribution in [0.15, 0.2) is 29.6 Å². The number of hydrogen-bond acceptors (Lipinski definition) is 4. The molecule has 0 radical (unpaired) electrons. The van der Waals surface area contributed by atoms with Crippen LogP contribution in [0.25, 0.3) is 10.6 Å². The van der Waals surface area contributed by atoms with Gasteiger partial charge in [-0.15, -0.1) is 11.3 Å². The summed E-state index contributed by atoms with van der Waals surface area (Å²) in [5, 5.41) is 9.16. The van der Waals surface area contributed by atoms with Crippen molar-refractivity contribution in [2.24, 2.45) is 0 Å². The fraction of sp³-hybridized carbons (Fsp3) is 0.333. The lowest BCUT2D eigenvalue weighted by molar-refractivity contribution is 0.196. The van der Waals surface area contributed by atoms with E-state index in [-0.39, 0.29) is 6.03 Å². The number of aromatic nitrogens is 1. The van der Waals surface area contributed by atoms with Crippen LogP contribution in [0.3, 0.4) is 0 Å². The van der Waals surface area contributed by atoms with Crippen LogP contribution in [0.4, 0.5) is 4.79 Å². The summed E-state index contributed by atoms with van der Waals surface area (Å²) in [5.74, 6) is 0. The molecule has 0 aliphatic rings. The first kappa shape index (κ1) is 16.7. The molecule has 0 aliphatic heterocycles. The van der Waals surface area contributed by atoms with Crippen LogP contribution in [0.5, 0.6) is 0 Å². The van der Waals surface area contributed by atoms with E-state index in [1.165, 1.54) is 0 Å². The molecule has 0 spiro atoms. The molecule has 0 aliphatic carbocycles. The lowest BCUT2D eigenvalue weighted by Gasteiger charge is -2.05. The molecule has 1 aromatic heterocycles. The molecule has 1 aromatic carbocycles. The van der Waals surface area contributed by atoms with Crippen molar-refractivity contribution < 1.29 is 9.53 Å². The van der Waals surface area contributed by atoms with Gasteiger partial charge in [-0.2, -0.15) is 0 Å². The standard InChI is InChI=1S/C15H18ClN3O2S/c1-21-9-8-18-15(20)17-7-6-13-10-22-14(19-13)11-2-4-12(16)5-3-11/h2-5,10H,6-9H2,1H3,(H2,17,18,20). The van der Waals surface area contributed by atoms with Gasteiger partial charge in [0.2, 0.25) is 0 Å². The van der Waals surface area contributed by atoms with Gasteiger partial charge in [0.25, 0.3) is 0 Å². The molecule has 0 saturated carbocycles. The average molecular weight is 340 g/mol. The number of benzene rings is 1. The van der Waals surface area contributed by atoms with Gasteiger partial charge in [0.15, 0.2) is 0 Å². The topological polar surface area (TPSA) is 63.2 Å². The molecule has 22 heavy (non-hydrogen) atoms. The van der Waals surface area contributed by atoms with Crippen LogP contribution >= 0.6 is 22.9 Å². The summed E-state index contributed by atoms with van der Waals surface area (Å²) < 4.78 is 4.86. The van der Waals surface area contributed by atoms with Gasteiger partial charge in [0.1, 0.15) is 5.01 Å². The monoisotopic (exact) mass is 339 g/mol. The third-order valence-electron chi connectivity index (χ3n) is 2.90. The zero-order valence-electron chi connectivity index (χ0n) is 12.3. The Kier molecular flexibility index (Phi) is 6.64. The van der Waals surface area contributed by atoms with Crippen molar-refractivity contribution >= 4 is 29.0 Å². The molecular weight excluding hydrogens is 322 g/mol. The van der Waals surface area contributed by atoms with Gasteiger partial charge in [-0.05, 0) is 12.1 Å². The maximum Gasteiger partial charge on any atom is 0.314 e. The molecule has 0 saturated heterocycles. The molecule has 0 bridgehead atoms. The summed E-state index contributed by atoms with van der Waals surface area (Å²) in [4.78, 5) is 16.0. The molecule has 5 nitrogen and oxygen atoms in total. The van der Waals surface area contributed by atoms with Crippen molar-refractivity contribution in [3.8, 4) is 10.6 Å².